The molecule has 1 heterocycles. The number of rotatable bonds is 16. The molecule has 1 saturated heterocycles. The van der Waals surface area contributed by atoms with Crippen molar-refractivity contribution in [1.29, 1.82) is 0 Å². The van der Waals surface area contributed by atoms with E-state index in [4.69, 9.17) is 28.8 Å². The van der Waals surface area contributed by atoms with Gasteiger partial charge >= 0.3 is 0 Å². The molecule has 4 atom stereocenters. The van der Waals surface area contributed by atoms with Gasteiger partial charge in [-0.25, -0.2) is 0 Å². The molecule has 0 aromatic heterocycles. The Bertz CT molecular complexity index is 297. The Balaban J connectivity index is 1.98. The van der Waals surface area contributed by atoms with E-state index in [9.17, 15) is 10.2 Å². The zero-order chi connectivity index (χ0) is 16.9. The van der Waals surface area contributed by atoms with Crippen LogP contribution in [0.3, 0.4) is 0 Å². The third kappa shape index (κ3) is 11.6. The SMILES string of the molecule is C=CCOCC(O)COCC(O)COC(CO)COCC1CO1. The van der Waals surface area contributed by atoms with Gasteiger partial charge in [-0.1, -0.05) is 6.08 Å². The number of aliphatic hydroxyl groups excluding tert-OH is 3. The van der Waals surface area contributed by atoms with E-state index in [-0.39, 0.29) is 45.7 Å². The van der Waals surface area contributed by atoms with Gasteiger partial charge in [0.25, 0.3) is 0 Å². The Labute approximate surface area is 136 Å². The van der Waals surface area contributed by atoms with Crippen molar-refractivity contribution in [3.63, 3.8) is 0 Å². The Hall–Kier alpha value is -0.580. The molecule has 0 aliphatic carbocycles. The second-order valence-corrected chi connectivity index (χ2v) is 5.30. The fourth-order valence-electron chi connectivity index (χ4n) is 1.62. The molecular formula is C15H28O8. The minimum atomic E-state index is -0.850. The molecule has 0 radical (unpaired) electrons. The minimum absolute atomic E-state index is 0.0115. The van der Waals surface area contributed by atoms with Crippen LogP contribution in [0.2, 0.25) is 0 Å². The summed E-state index contributed by atoms with van der Waals surface area (Å²) >= 11 is 0. The Morgan fingerprint density at radius 3 is 2.30 bits per heavy atom. The molecule has 0 spiro atoms. The third-order valence-electron chi connectivity index (χ3n) is 2.90. The van der Waals surface area contributed by atoms with Gasteiger partial charge in [-0.15, -0.1) is 6.58 Å². The lowest BCUT2D eigenvalue weighted by atomic mass is 10.3. The lowest BCUT2D eigenvalue weighted by Gasteiger charge is -2.19. The van der Waals surface area contributed by atoms with Gasteiger partial charge < -0.3 is 39.0 Å². The minimum Gasteiger partial charge on any atom is -0.394 e. The van der Waals surface area contributed by atoms with E-state index < -0.39 is 18.3 Å². The fraction of sp³-hybridized carbons (Fsp3) is 0.867. The number of hydrogen-bond donors (Lipinski definition) is 3. The van der Waals surface area contributed by atoms with Crippen molar-refractivity contribution in [2.45, 2.75) is 24.4 Å². The van der Waals surface area contributed by atoms with Crippen molar-refractivity contribution in [3.8, 4) is 0 Å². The molecule has 1 fully saturated rings. The van der Waals surface area contributed by atoms with Gasteiger partial charge in [0.1, 0.15) is 24.4 Å². The van der Waals surface area contributed by atoms with Gasteiger partial charge in [-0.2, -0.15) is 0 Å². The molecule has 23 heavy (non-hydrogen) atoms. The summed E-state index contributed by atoms with van der Waals surface area (Å²) < 4.78 is 25.9. The van der Waals surface area contributed by atoms with Crippen LogP contribution in [0.25, 0.3) is 0 Å². The van der Waals surface area contributed by atoms with Crippen molar-refractivity contribution in [3.05, 3.63) is 12.7 Å². The summed E-state index contributed by atoms with van der Waals surface area (Å²) in [7, 11) is 0. The van der Waals surface area contributed by atoms with Crippen molar-refractivity contribution < 1.29 is 39.0 Å². The van der Waals surface area contributed by atoms with E-state index in [1.54, 1.807) is 6.08 Å². The molecule has 8 heteroatoms. The Kier molecular flexibility index (Phi) is 11.4. The summed E-state index contributed by atoms with van der Waals surface area (Å²) in [5, 5.41) is 28.4. The highest BCUT2D eigenvalue weighted by Gasteiger charge is 2.23. The van der Waals surface area contributed by atoms with E-state index in [0.717, 1.165) is 0 Å². The van der Waals surface area contributed by atoms with Crippen LogP contribution in [0, 0.1) is 0 Å². The second-order valence-electron chi connectivity index (χ2n) is 5.30. The zero-order valence-corrected chi connectivity index (χ0v) is 13.3. The second kappa shape index (κ2) is 12.8. The largest absolute Gasteiger partial charge is 0.394 e. The molecule has 1 rings (SSSR count). The maximum atomic E-state index is 9.73. The zero-order valence-electron chi connectivity index (χ0n) is 13.3. The molecule has 1 aliphatic heterocycles. The first-order chi connectivity index (χ1) is 11.2. The highest BCUT2D eigenvalue weighted by molar-refractivity contribution is 4.68. The smallest absolute Gasteiger partial charge is 0.104 e. The van der Waals surface area contributed by atoms with Gasteiger partial charge in [-0.05, 0) is 0 Å². The Morgan fingerprint density at radius 1 is 1.04 bits per heavy atom. The number of aliphatic hydroxyl groups is 3. The summed E-state index contributed by atoms with van der Waals surface area (Å²) in [6.45, 7) is 5.34. The molecule has 0 saturated carbocycles. The average Bonchev–Trinajstić information content (AvgIpc) is 3.35. The van der Waals surface area contributed by atoms with Crippen LogP contribution in [0.4, 0.5) is 0 Å². The maximum Gasteiger partial charge on any atom is 0.104 e. The van der Waals surface area contributed by atoms with Crippen LogP contribution in [0.5, 0.6) is 0 Å². The molecule has 8 nitrogen and oxygen atoms in total. The normalized spacial score (nSPS) is 20.9. The molecule has 0 bridgehead atoms. The van der Waals surface area contributed by atoms with E-state index in [2.05, 4.69) is 6.58 Å². The van der Waals surface area contributed by atoms with E-state index in [0.29, 0.717) is 19.8 Å². The number of hydrogen-bond acceptors (Lipinski definition) is 8. The van der Waals surface area contributed by atoms with Crippen LogP contribution in [0.15, 0.2) is 12.7 Å². The monoisotopic (exact) mass is 336 g/mol. The van der Waals surface area contributed by atoms with E-state index >= 15 is 0 Å². The van der Waals surface area contributed by atoms with Crippen LogP contribution in [0.1, 0.15) is 0 Å². The highest BCUT2D eigenvalue weighted by Crippen LogP contribution is 2.09. The summed E-state index contributed by atoms with van der Waals surface area (Å²) in [6, 6.07) is 0. The van der Waals surface area contributed by atoms with Crippen LogP contribution in [-0.2, 0) is 23.7 Å². The first-order valence-corrected chi connectivity index (χ1v) is 7.70. The first kappa shape index (κ1) is 20.5. The van der Waals surface area contributed by atoms with E-state index in [1.165, 1.54) is 0 Å². The first-order valence-electron chi connectivity index (χ1n) is 7.70. The van der Waals surface area contributed by atoms with Crippen molar-refractivity contribution in [2.24, 2.45) is 0 Å². The molecule has 0 amide bonds. The molecule has 4 unspecified atom stereocenters. The average molecular weight is 336 g/mol. The van der Waals surface area contributed by atoms with Gasteiger partial charge in [-0.3, -0.25) is 0 Å². The molecule has 3 N–H and O–H groups in total. The van der Waals surface area contributed by atoms with Gasteiger partial charge in [0.05, 0.1) is 59.5 Å². The maximum absolute atomic E-state index is 9.73. The van der Waals surface area contributed by atoms with E-state index in [1.807, 2.05) is 0 Å². The number of ether oxygens (including phenoxy) is 5. The highest BCUT2D eigenvalue weighted by atomic mass is 16.6. The van der Waals surface area contributed by atoms with Gasteiger partial charge in [0, 0.05) is 0 Å². The Morgan fingerprint density at radius 2 is 1.70 bits per heavy atom. The summed E-state index contributed by atoms with van der Waals surface area (Å²) in [6.07, 6.45) is -0.354. The van der Waals surface area contributed by atoms with Crippen LogP contribution in [-0.4, -0.2) is 99.2 Å². The molecular weight excluding hydrogens is 308 g/mol. The van der Waals surface area contributed by atoms with Crippen LogP contribution >= 0.6 is 0 Å². The molecule has 136 valence electrons. The standard InChI is InChI=1S/C15H28O8/c1-2-3-19-5-12(17)6-20-7-13(18)8-22-14(4-16)9-21-10-15-11-23-15/h2,12-18H,1,3-11H2. The topological polar surface area (TPSA) is 110 Å². The van der Waals surface area contributed by atoms with Crippen molar-refractivity contribution in [1.82, 2.24) is 0 Å². The lowest BCUT2D eigenvalue weighted by Crippen LogP contribution is -2.32. The van der Waals surface area contributed by atoms with Gasteiger partial charge in [0.15, 0.2) is 0 Å². The predicted molar refractivity (Wildman–Crippen MR) is 81.2 cm³/mol. The van der Waals surface area contributed by atoms with Crippen molar-refractivity contribution in [2.75, 3.05) is 59.5 Å². The number of epoxide rings is 1. The summed E-state index contributed by atoms with van der Waals surface area (Å²) in [5.41, 5.74) is 0. The lowest BCUT2D eigenvalue weighted by molar-refractivity contribution is -0.0912. The molecule has 1 aliphatic rings. The third-order valence-corrected chi connectivity index (χ3v) is 2.90. The van der Waals surface area contributed by atoms with Crippen LogP contribution < -0.4 is 0 Å². The van der Waals surface area contributed by atoms with Gasteiger partial charge in [0.2, 0.25) is 0 Å². The van der Waals surface area contributed by atoms with Crippen molar-refractivity contribution >= 4 is 0 Å². The molecule has 0 aromatic rings. The summed E-state index contributed by atoms with van der Waals surface area (Å²) in [5.74, 6) is 0. The predicted octanol–water partition coefficient (Wildman–Crippen LogP) is -1.28. The fourth-order valence-corrected chi connectivity index (χ4v) is 1.62. The quantitative estimate of drug-likeness (QED) is 0.182. The molecule has 0 aromatic carbocycles. The summed E-state index contributed by atoms with van der Waals surface area (Å²) in [4.78, 5) is 0.